The highest BCUT2D eigenvalue weighted by molar-refractivity contribution is 5.93. The minimum atomic E-state index is -0.611. The number of methoxy groups -OCH3 is 4. The molecular weight excluding hydrogens is 1660 g/mol. The number of aliphatic hydroxyl groups is 5. The summed E-state index contributed by atoms with van der Waals surface area (Å²) >= 11 is 0. The van der Waals surface area contributed by atoms with Crippen LogP contribution in [0.4, 0.5) is 0 Å². The van der Waals surface area contributed by atoms with E-state index >= 15 is 0 Å². The summed E-state index contributed by atoms with van der Waals surface area (Å²) in [7, 11) is 5.72. The van der Waals surface area contributed by atoms with Crippen molar-refractivity contribution in [1.82, 2.24) is 0 Å². The molecule has 24 nitrogen and oxygen atoms in total. The van der Waals surface area contributed by atoms with Crippen LogP contribution in [0, 0.1) is 132 Å². The fourth-order valence-corrected chi connectivity index (χ4v) is 34.0. The molecule has 0 radical (unpaired) electrons. The summed E-state index contributed by atoms with van der Waals surface area (Å²) in [5, 5.41) is 55.3. The van der Waals surface area contributed by atoms with E-state index in [1.54, 1.807) is 12.2 Å². The number of rotatable bonds is 4. The molecule has 0 amide bonds. The van der Waals surface area contributed by atoms with Crippen LogP contribution < -0.4 is 24.0 Å². The van der Waals surface area contributed by atoms with Gasteiger partial charge in [0.25, 0.3) is 0 Å². The van der Waals surface area contributed by atoms with Crippen molar-refractivity contribution in [2.24, 2.45) is 132 Å². The molecule has 0 aromatic carbocycles. The molecule has 4 unspecified atom stereocenters. The molecule has 5 N–H and O–H groups in total. The monoisotopic (exact) mass is 1790 g/mol. The molecule has 0 aromatic heterocycles. The van der Waals surface area contributed by atoms with Gasteiger partial charge in [-0.2, -0.15) is 0 Å². The normalized spacial score (nSPS) is 51.4. The summed E-state index contributed by atoms with van der Waals surface area (Å²) in [5.41, 5.74) is -0.309. The Hall–Kier alpha value is -5.45. The van der Waals surface area contributed by atoms with Crippen molar-refractivity contribution in [3.8, 4) is 0 Å². The molecule has 5 heterocycles. The molecule has 34 atom stereocenters. The molecule has 5 aliphatic heterocycles. The number of allylic oxidation sites excluding steroid dienone is 2. The topological polar surface area (TPSA) is 358 Å². The van der Waals surface area contributed by atoms with E-state index in [-0.39, 0.29) is 216 Å². The number of ether oxygens (including phenoxy) is 9. The predicted octanol–water partition coefficient (Wildman–Crippen LogP) is 8.60. The highest BCUT2D eigenvalue weighted by Crippen LogP contribution is 2.80. The first-order valence-electron chi connectivity index (χ1n) is 45.8. The SMILES string of the molecule is COC(=O)[C@@H]1C=C2C[C@@H](O)CC[C@]2(C)C2[C@@H]1[C@@H]1CC[C@@]3(CCC(=O)O3)[C@@]1(C)C[C@H]2O.COC(=O)[C@@H]1CC2=CC(=O)CC[C@]2(C)C2[C@@H]1[C@@H]1CCC3(CCC(=O)O3)[C@@]1(C)C[C@H]2O.COC(=O)[C@@H]1CC2=CC(=O)CC[C@]2(C)[C@@]23O[C@@H]2C[C@@]2(C)[C@@H](CC[C@@]24CCC(=O)O4)[C@H]13.COC(=O)[C@@H]1CC2=C[C@@H](O)CC[C@]2(C)C2[C@@H]1[C@@H]1CC[C@@]3(CCC(=O)O3)[C@@]1(C)C[C@H]2O.[I-]. The van der Waals surface area contributed by atoms with E-state index < -0.39 is 64.4 Å². The summed E-state index contributed by atoms with van der Waals surface area (Å²) < 4.78 is 51.5. The lowest BCUT2D eigenvalue weighted by Crippen LogP contribution is -3.00. The van der Waals surface area contributed by atoms with Crippen molar-refractivity contribution in [1.29, 1.82) is 0 Å². The highest BCUT2D eigenvalue weighted by Gasteiger charge is 2.84. The molecule has 12 saturated carbocycles. The first-order valence-corrected chi connectivity index (χ1v) is 45.8. The van der Waals surface area contributed by atoms with Crippen molar-refractivity contribution in [3.63, 3.8) is 0 Å². The van der Waals surface area contributed by atoms with E-state index in [9.17, 15) is 73.5 Å². The first kappa shape index (κ1) is 87.6. The number of carbonyl (C=O) groups is 10. The van der Waals surface area contributed by atoms with Crippen molar-refractivity contribution in [3.05, 3.63) is 46.6 Å². The molecule has 21 rings (SSSR count). The Morgan fingerprint density at radius 1 is 0.372 bits per heavy atom. The van der Waals surface area contributed by atoms with Crippen LogP contribution in [-0.2, 0) is 90.6 Å². The van der Waals surface area contributed by atoms with Crippen LogP contribution in [0.25, 0.3) is 0 Å². The third kappa shape index (κ3) is 12.2. The van der Waals surface area contributed by atoms with Gasteiger partial charge in [-0.05, 0) is 255 Å². The third-order valence-electron chi connectivity index (χ3n) is 39.8. The van der Waals surface area contributed by atoms with Crippen LogP contribution >= 0.6 is 0 Å². The van der Waals surface area contributed by atoms with E-state index in [2.05, 4.69) is 61.5 Å². The number of halogens is 1. The Bertz CT molecular complexity index is 4430. The van der Waals surface area contributed by atoms with Gasteiger partial charge in [0.15, 0.2) is 11.6 Å². The second-order valence-electron chi connectivity index (χ2n) is 43.7. The van der Waals surface area contributed by atoms with Gasteiger partial charge >= 0.3 is 47.8 Å². The number of hydrogen-bond acceptors (Lipinski definition) is 24. The second kappa shape index (κ2) is 29.8. The number of carbonyl (C=O) groups excluding carboxylic acids is 10. The Labute approximate surface area is 727 Å². The van der Waals surface area contributed by atoms with Crippen molar-refractivity contribution >= 4 is 59.3 Å². The molecule has 5 saturated heterocycles. The summed E-state index contributed by atoms with van der Waals surface area (Å²) in [4.78, 5) is 125. The van der Waals surface area contributed by atoms with Gasteiger partial charge in [0.2, 0.25) is 0 Å². The zero-order valence-corrected chi connectivity index (χ0v) is 75.1. The van der Waals surface area contributed by atoms with Gasteiger partial charge in [-0.15, -0.1) is 0 Å². The molecule has 0 bridgehead atoms. The minimum absolute atomic E-state index is 0. The average Bonchev–Trinajstić information content (AvgIpc) is 1.49. The van der Waals surface area contributed by atoms with Gasteiger partial charge in [0.05, 0.1) is 88.7 Å². The van der Waals surface area contributed by atoms with E-state index in [4.69, 9.17) is 42.6 Å². The van der Waals surface area contributed by atoms with Crippen molar-refractivity contribution < 1.29 is 140 Å². The van der Waals surface area contributed by atoms with Gasteiger partial charge in [-0.25, -0.2) is 0 Å². The lowest BCUT2D eigenvalue weighted by molar-refractivity contribution is -0.198. The van der Waals surface area contributed by atoms with Gasteiger partial charge in [-0.1, -0.05) is 89.8 Å². The Kier molecular flexibility index (Phi) is 21.6. The van der Waals surface area contributed by atoms with Crippen LogP contribution in [0.5, 0.6) is 0 Å². The lowest BCUT2D eigenvalue weighted by atomic mass is 9.43. The van der Waals surface area contributed by atoms with E-state index in [1.165, 1.54) is 28.4 Å². The maximum atomic E-state index is 13.0. The molecule has 21 aliphatic rings. The second-order valence-corrected chi connectivity index (χ2v) is 43.7. The van der Waals surface area contributed by atoms with E-state index in [1.807, 2.05) is 6.08 Å². The number of epoxide rings is 1. The van der Waals surface area contributed by atoms with Crippen molar-refractivity contribution in [2.75, 3.05) is 28.4 Å². The molecule has 16 aliphatic carbocycles. The maximum absolute atomic E-state index is 13.0. The van der Waals surface area contributed by atoms with Crippen LogP contribution in [0.3, 0.4) is 0 Å². The maximum Gasteiger partial charge on any atom is 0.312 e. The Balaban J connectivity index is 0.000000115. The summed E-state index contributed by atoms with van der Waals surface area (Å²) in [6, 6.07) is 0. The Morgan fingerprint density at radius 2 is 0.744 bits per heavy atom. The number of aliphatic hydroxyl groups excluding tert-OH is 5. The third-order valence-corrected chi connectivity index (χ3v) is 39.8. The Morgan fingerprint density at radius 3 is 1.19 bits per heavy atom. The van der Waals surface area contributed by atoms with Gasteiger partial charge in [-0.3, -0.25) is 47.9 Å². The summed E-state index contributed by atoms with van der Waals surface area (Å²) in [5.74, 6) is -2.16. The molecule has 666 valence electrons. The largest absolute Gasteiger partial charge is 1.00 e. The standard InChI is InChI=1S/C24H30O6.2C24H34O6.C24H32O6.HI/c1-21-7-4-14(25)10-13(21)11-15(20(27)28-3)19-16-5-8-23(9-6-18(26)30-23)22(16,2)12-17-24(19,21)29-17;3*1-22-7-4-14(25)10-13(22)11-15(21(28)29-3)19-16-5-8-24(9-6-18(27)30-24)23(16,2)12-17(26)20(19)22;/h10,15-17,19H,4-9,11-12H2,1-3H3;11,14-17,19-20,25-26H,4-10,12H2,1-3H3;10,14-17,19-20,25-26H,4-9,11-12H2,1-3H3;10,15-17,19-20,26H,4-9,11-12H2,1-3H3;1H/p-1/t15-,16+,17-,19+,21+,22+,23-,24-;2*14-,15+,16-,17+,19-,20?,22-,23-,24+;15-,16+,17-,19+,20?,22+,23+,24?;/m1001./s1. The predicted molar refractivity (Wildman–Crippen MR) is 428 cm³/mol. The molecule has 0 aromatic rings. The molecule has 25 heteroatoms. The zero-order chi connectivity index (χ0) is 85.5. The van der Waals surface area contributed by atoms with Gasteiger partial charge in [0, 0.05) is 71.5 Å². The lowest BCUT2D eigenvalue weighted by Gasteiger charge is -2.62. The highest BCUT2D eigenvalue weighted by atomic mass is 127. The van der Waals surface area contributed by atoms with Crippen LogP contribution in [0.15, 0.2) is 46.6 Å². The fourth-order valence-electron chi connectivity index (χ4n) is 34.0. The summed E-state index contributed by atoms with van der Waals surface area (Å²) in [6.45, 7) is 17.6. The number of hydrogen-bond donors (Lipinski definition) is 5. The fraction of sp³-hybridized carbons (Fsp3) is 0.812. The first-order chi connectivity index (χ1) is 56.7. The quantitative estimate of drug-likeness (QED) is 0.0578. The number of esters is 8. The molecular formula is C96H130IO24-. The average molecular weight is 1790 g/mol. The summed E-state index contributed by atoms with van der Waals surface area (Å²) in [6.07, 6.45) is 26.8. The zero-order valence-electron chi connectivity index (χ0n) is 72.9. The molecule has 121 heavy (non-hydrogen) atoms. The number of ketones is 2. The molecule has 17 fully saturated rings. The number of fused-ring (bicyclic) bond motifs is 22. The van der Waals surface area contributed by atoms with Crippen LogP contribution in [0.2, 0.25) is 0 Å². The van der Waals surface area contributed by atoms with Gasteiger partial charge < -0.3 is 92.1 Å². The minimum Gasteiger partial charge on any atom is -1.00 e. The van der Waals surface area contributed by atoms with E-state index in [0.29, 0.717) is 116 Å². The van der Waals surface area contributed by atoms with Gasteiger partial charge in [0.1, 0.15) is 28.0 Å². The molecule has 5 spiro atoms. The smallest absolute Gasteiger partial charge is 0.312 e. The van der Waals surface area contributed by atoms with Crippen LogP contribution in [-0.4, -0.2) is 178 Å². The van der Waals surface area contributed by atoms with Crippen molar-refractivity contribution in [2.45, 2.75) is 325 Å². The van der Waals surface area contributed by atoms with Crippen LogP contribution in [0.1, 0.15) is 261 Å². The van der Waals surface area contributed by atoms with E-state index in [0.717, 1.165) is 112 Å².